The number of hydrazine groups is 1. The number of aryl methyl sites for hydroxylation is 2. The van der Waals surface area contributed by atoms with Crippen molar-refractivity contribution in [3.05, 3.63) is 69.9 Å². The zero-order chi connectivity index (χ0) is 15.0. The van der Waals surface area contributed by atoms with Crippen LogP contribution in [-0.2, 0) is 0 Å². The van der Waals surface area contributed by atoms with Crippen LogP contribution in [0.25, 0.3) is 11.0 Å². The smallest absolute Gasteiger partial charge is 0.134 e. The molecule has 1 unspecified atom stereocenters. The molecule has 0 bridgehead atoms. The summed E-state index contributed by atoms with van der Waals surface area (Å²) in [6, 6.07) is 13.6. The van der Waals surface area contributed by atoms with Crippen molar-refractivity contribution in [1.82, 2.24) is 5.43 Å². The fourth-order valence-electron chi connectivity index (χ4n) is 2.46. The number of hydrogen-bond acceptors (Lipinski definition) is 3. The maximum atomic E-state index is 6.01. The number of benzene rings is 2. The molecule has 0 spiro atoms. The molecule has 1 aromatic heterocycles. The number of nitrogens with two attached hydrogens (primary N) is 1. The average Bonchev–Trinajstić information content (AvgIpc) is 2.86. The highest BCUT2D eigenvalue weighted by Crippen LogP contribution is 2.30. The second-order valence-electron chi connectivity index (χ2n) is 5.27. The van der Waals surface area contributed by atoms with Gasteiger partial charge < -0.3 is 4.42 Å². The molecule has 0 amide bonds. The van der Waals surface area contributed by atoms with E-state index in [9.17, 15) is 0 Å². The summed E-state index contributed by atoms with van der Waals surface area (Å²) in [7, 11) is 0. The van der Waals surface area contributed by atoms with E-state index in [2.05, 4.69) is 37.5 Å². The third-order valence-electron chi connectivity index (χ3n) is 3.81. The summed E-state index contributed by atoms with van der Waals surface area (Å²) >= 11 is 6.01. The molecular weight excluding hydrogens is 284 g/mol. The van der Waals surface area contributed by atoms with Gasteiger partial charge in [0.2, 0.25) is 0 Å². The summed E-state index contributed by atoms with van der Waals surface area (Å²) in [5, 5.41) is 1.67. The van der Waals surface area contributed by atoms with Crippen molar-refractivity contribution in [2.45, 2.75) is 19.9 Å². The number of halogens is 1. The maximum absolute atomic E-state index is 6.01. The Hall–Kier alpha value is -1.81. The van der Waals surface area contributed by atoms with Gasteiger partial charge in [0, 0.05) is 10.4 Å². The lowest BCUT2D eigenvalue weighted by Gasteiger charge is -2.15. The van der Waals surface area contributed by atoms with Gasteiger partial charge in [-0.2, -0.15) is 0 Å². The Morgan fingerprint density at radius 1 is 1.05 bits per heavy atom. The Kier molecular flexibility index (Phi) is 3.72. The quantitative estimate of drug-likeness (QED) is 0.561. The van der Waals surface area contributed by atoms with Crippen LogP contribution >= 0.6 is 11.6 Å². The fourth-order valence-corrected chi connectivity index (χ4v) is 2.64. The van der Waals surface area contributed by atoms with E-state index >= 15 is 0 Å². The minimum Gasteiger partial charge on any atom is -0.459 e. The summed E-state index contributed by atoms with van der Waals surface area (Å²) in [5.74, 6) is 6.52. The predicted octanol–water partition coefficient (Wildman–Crippen LogP) is 4.26. The first-order chi connectivity index (χ1) is 10.1. The number of fused-ring (bicyclic) bond motifs is 1. The molecule has 3 aromatic rings. The van der Waals surface area contributed by atoms with Gasteiger partial charge in [-0.25, -0.2) is 5.43 Å². The summed E-state index contributed by atoms with van der Waals surface area (Å²) < 4.78 is 5.90. The van der Waals surface area contributed by atoms with Crippen molar-refractivity contribution < 1.29 is 4.42 Å². The van der Waals surface area contributed by atoms with Crippen LogP contribution in [0.2, 0.25) is 5.02 Å². The predicted molar refractivity (Wildman–Crippen MR) is 86.3 cm³/mol. The van der Waals surface area contributed by atoms with Crippen molar-refractivity contribution in [3.8, 4) is 0 Å². The van der Waals surface area contributed by atoms with E-state index < -0.39 is 0 Å². The summed E-state index contributed by atoms with van der Waals surface area (Å²) in [4.78, 5) is 0. The van der Waals surface area contributed by atoms with E-state index in [1.54, 1.807) is 0 Å². The number of nitrogens with one attached hydrogen (secondary N) is 1. The Morgan fingerprint density at radius 2 is 1.86 bits per heavy atom. The lowest BCUT2D eigenvalue weighted by atomic mass is 10.00. The highest BCUT2D eigenvalue weighted by Gasteiger charge is 2.17. The van der Waals surface area contributed by atoms with Crippen LogP contribution in [0.3, 0.4) is 0 Å². The van der Waals surface area contributed by atoms with Crippen molar-refractivity contribution in [1.29, 1.82) is 0 Å². The van der Waals surface area contributed by atoms with Gasteiger partial charge in [0.15, 0.2) is 0 Å². The zero-order valence-electron chi connectivity index (χ0n) is 12.0. The fraction of sp³-hybridized carbons (Fsp3) is 0.176. The van der Waals surface area contributed by atoms with Gasteiger partial charge >= 0.3 is 0 Å². The Balaban J connectivity index is 2.06. The minimum atomic E-state index is -0.185. The van der Waals surface area contributed by atoms with Gasteiger partial charge in [-0.1, -0.05) is 29.8 Å². The SMILES string of the molecule is Cc1ccc(C(NN)c2cc3cc(Cl)ccc3o2)cc1C. The lowest BCUT2D eigenvalue weighted by molar-refractivity contribution is 0.477. The normalized spacial score (nSPS) is 12.8. The standard InChI is InChI=1S/C17H17ClN2O/c1-10-3-4-12(7-11(10)2)17(20-19)16-9-13-8-14(18)5-6-15(13)21-16/h3-9,17,20H,19H2,1-2H3. The first-order valence-corrected chi connectivity index (χ1v) is 7.18. The van der Waals surface area contributed by atoms with E-state index in [1.165, 1.54) is 11.1 Å². The highest BCUT2D eigenvalue weighted by atomic mass is 35.5. The minimum absolute atomic E-state index is 0.185. The summed E-state index contributed by atoms with van der Waals surface area (Å²) in [6.07, 6.45) is 0. The largest absolute Gasteiger partial charge is 0.459 e. The van der Waals surface area contributed by atoms with Gasteiger partial charge in [-0.3, -0.25) is 5.84 Å². The van der Waals surface area contributed by atoms with Gasteiger partial charge in [-0.05, 0) is 54.8 Å². The first kappa shape index (κ1) is 14.1. The molecule has 0 aliphatic heterocycles. The van der Waals surface area contributed by atoms with E-state index in [1.807, 2.05) is 24.3 Å². The maximum Gasteiger partial charge on any atom is 0.134 e. The molecule has 108 valence electrons. The lowest BCUT2D eigenvalue weighted by Crippen LogP contribution is -2.28. The number of rotatable bonds is 3. The topological polar surface area (TPSA) is 51.2 Å². The summed E-state index contributed by atoms with van der Waals surface area (Å²) in [5.41, 5.74) is 7.19. The van der Waals surface area contributed by atoms with Crippen LogP contribution in [-0.4, -0.2) is 0 Å². The Labute approximate surface area is 128 Å². The Morgan fingerprint density at radius 3 is 2.57 bits per heavy atom. The zero-order valence-corrected chi connectivity index (χ0v) is 12.7. The van der Waals surface area contributed by atoms with Crippen LogP contribution < -0.4 is 11.3 Å². The van der Waals surface area contributed by atoms with Gasteiger partial charge in [-0.15, -0.1) is 0 Å². The molecule has 21 heavy (non-hydrogen) atoms. The van der Waals surface area contributed by atoms with Crippen LogP contribution in [0.1, 0.15) is 28.5 Å². The van der Waals surface area contributed by atoms with E-state index in [4.69, 9.17) is 21.9 Å². The summed E-state index contributed by atoms with van der Waals surface area (Å²) in [6.45, 7) is 4.18. The van der Waals surface area contributed by atoms with E-state index in [0.717, 1.165) is 22.3 Å². The monoisotopic (exact) mass is 300 g/mol. The molecule has 0 aliphatic carbocycles. The molecule has 1 atom stereocenters. The molecule has 0 saturated heterocycles. The average molecular weight is 301 g/mol. The van der Waals surface area contributed by atoms with Gasteiger partial charge in [0.1, 0.15) is 17.4 Å². The molecule has 3 rings (SSSR count). The highest BCUT2D eigenvalue weighted by molar-refractivity contribution is 6.31. The van der Waals surface area contributed by atoms with Crippen LogP contribution in [0.15, 0.2) is 46.9 Å². The molecule has 0 saturated carbocycles. The molecule has 4 heteroatoms. The van der Waals surface area contributed by atoms with E-state index in [0.29, 0.717) is 5.02 Å². The molecule has 3 N–H and O–H groups in total. The van der Waals surface area contributed by atoms with Crippen molar-refractivity contribution >= 4 is 22.6 Å². The van der Waals surface area contributed by atoms with Crippen LogP contribution in [0, 0.1) is 13.8 Å². The second kappa shape index (κ2) is 5.53. The molecule has 2 aromatic carbocycles. The first-order valence-electron chi connectivity index (χ1n) is 6.81. The Bertz CT molecular complexity index is 795. The van der Waals surface area contributed by atoms with Crippen molar-refractivity contribution in [3.63, 3.8) is 0 Å². The van der Waals surface area contributed by atoms with Crippen LogP contribution in [0.5, 0.6) is 0 Å². The van der Waals surface area contributed by atoms with Crippen molar-refractivity contribution in [2.75, 3.05) is 0 Å². The van der Waals surface area contributed by atoms with E-state index in [-0.39, 0.29) is 6.04 Å². The van der Waals surface area contributed by atoms with Crippen LogP contribution in [0.4, 0.5) is 0 Å². The number of hydrogen-bond donors (Lipinski definition) is 2. The molecule has 0 aliphatic rings. The molecule has 0 radical (unpaired) electrons. The van der Waals surface area contributed by atoms with Gasteiger partial charge in [0.05, 0.1) is 0 Å². The van der Waals surface area contributed by atoms with Crippen molar-refractivity contribution in [2.24, 2.45) is 5.84 Å². The second-order valence-corrected chi connectivity index (χ2v) is 5.71. The third-order valence-corrected chi connectivity index (χ3v) is 4.05. The molecule has 3 nitrogen and oxygen atoms in total. The molecular formula is C17H17ClN2O. The molecule has 1 heterocycles. The molecule has 0 fully saturated rings. The third kappa shape index (κ3) is 2.68. The number of furan rings is 1. The van der Waals surface area contributed by atoms with Gasteiger partial charge in [0.25, 0.3) is 0 Å².